The number of fused-ring (bicyclic) bond motifs is 1. The van der Waals surface area contributed by atoms with Gasteiger partial charge in [0.25, 0.3) is 5.01 Å². The van der Waals surface area contributed by atoms with Gasteiger partial charge in [-0.25, -0.2) is 0 Å². The third-order valence-electron chi connectivity index (χ3n) is 6.25. The van der Waals surface area contributed by atoms with Gasteiger partial charge in [-0.3, -0.25) is 0 Å². The molecule has 8 heteroatoms. The molecule has 0 atom stereocenters. The number of thiazole rings is 1. The maximum Gasteiger partial charge on any atom is 0.262 e. The monoisotopic (exact) mass is 564 g/mol. The van der Waals surface area contributed by atoms with Crippen molar-refractivity contribution in [2.75, 3.05) is 29.2 Å². The first-order valence-corrected chi connectivity index (χ1v) is 16.1. The number of thioether (sulfide) groups is 3. The van der Waals surface area contributed by atoms with Gasteiger partial charge in [0.2, 0.25) is 5.52 Å². The van der Waals surface area contributed by atoms with Crippen LogP contribution in [0.1, 0.15) is 16.1 Å². The smallest absolute Gasteiger partial charge is 0.262 e. The Hall–Kier alpha value is -2.39. The molecule has 0 radical (unpaired) electrons. The Morgan fingerprint density at radius 3 is 2.84 bits per heavy atom. The Morgan fingerprint density at radius 2 is 2.00 bits per heavy atom. The molecule has 0 bridgehead atoms. The molecule has 0 aliphatic carbocycles. The molecule has 0 N–H and O–H groups in total. The lowest BCUT2D eigenvalue weighted by atomic mass is 10.2. The Kier molecular flexibility index (Phi) is 8.49. The Bertz CT molecular complexity index is 1450. The van der Waals surface area contributed by atoms with Gasteiger partial charge in [0.05, 0.1) is 16.7 Å². The van der Waals surface area contributed by atoms with Crippen molar-refractivity contribution in [3.8, 4) is 0 Å². The topological polar surface area (TPSA) is 47.3 Å². The van der Waals surface area contributed by atoms with Crippen molar-refractivity contribution in [1.29, 1.82) is 0 Å². The van der Waals surface area contributed by atoms with E-state index in [1.807, 2.05) is 23.1 Å². The molecule has 0 saturated carbocycles. The highest BCUT2D eigenvalue weighted by Gasteiger charge is 2.29. The number of carboxylic acids is 1. The average Bonchev–Trinajstić information content (AvgIpc) is 3.57. The normalized spacial score (nSPS) is 15.9. The van der Waals surface area contributed by atoms with Crippen molar-refractivity contribution in [3.05, 3.63) is 88.0 Å². The third-order valence-corrected chi connectivity index (χ3v) is 10.2. The summed E-state index contributed by atoms with van der Waals surface area (Å²) in [5, 5.41) is 13.2. The van der Waals surface area contributed by atoms with Crippen molar-refractivity contribution < 1.29 is 14.5 Å². The minimum atomic E-state index is -1.01. The molecular formula is C29H28N2O2S4. The molecule has 5 rings (SSSR count). The van der Waals surface area contributed by atoms with Gasteiger partial charge in [0, 0.05) is 45.9 Å². The highest BCUT2D eigenvalue weighted by Crippen LogP contribution is 2.46. The fourth-order valence-corrected chi connectivity index (χ4v) is 8.08. The lowest BCUT2D eigenvalue weighted by Crippen LogP contribution is -2.31. The van der Waals surface area contributed by atoms with Crippen LogP contribution in [0.5, 0.6) is 0 Å². The molecule has 2 aliphatic rings. The number of carbonyl (C=O) groups is 1. The number of hydrogen-bond acceptors (Lipinski definition) is 7. The van der Waals surface area contributed by atoms with Gasteiger partial charge in [-0.05, 0) is 49.1 Å². The van der Waals surface area contributed by atoms with E-state index in [1.54, 1.807) is 11.8 Å². The van der Waals surface area contributed by atoms with E-state index in [4.69, 9.17) is 0 Å². The van der Waals surface area contributed by atoms with E-state index in [1.165, 1.54) is 53.6 Å². The summed E-state index contributed by atoms with van der Waals surface area (Å²) in [6.07, 6.45) is 18.0. The van der Waals surface area contributed by atoms with Gasteiger partial charge in [-0.2, -0.15) is 16.3 Å². The zero-order valence-corrected chi connectivity index (χ0v) is 24.1. The molecule has 0 fully saturated rings. The van der Waals surface area contributed by atoms with Gasteiger partial charge in [0.15, 0.2) is 6.54 Å². The number of hydrogen-bond donors (Lipinski definition) is 0. The van der Waals surface area contributed by atoms with Crippen molar-refractivity contribution in [2.45, 2.75) is 29.7 Å². The van der Waals surface area contributed by atoms with E-state index in [0.29, 0.717) is 0 Å². The van der Waals surface area contributed by atoms with E-state index in [9.17, 15) is 9.90 Å². The predicted molar refractivity (Wildman–Crippen MR) is 160 cm³/mol. The summed E-state index contributed by atoms with van der Waals surface area (Å²) in [5.74, 6) is -0.257. The minimum Gasteiger partial charge on any atom is -0.549 e. The highest BCUT2D eigenvalue weighted by atomic mass is 32.2. The summed E-state index contributed by atoms with van der Waals surface area (Å²) in [6.45, 7) is 3.92. The number of anilines is 1. The number of benzene rings is 2. The lowest BCUT2D eigenvalue weighted by molar-refractivity contribution is -0.661. The summed E-state index contributed by atoms with van der Waals surface area (Å²) >= 11 is 6.84. The highest BCUT2D eigenvalue weighted by molar-refractivity contribution is 8.03. The van der Waals surface area contributed by atoms with Gasteiger partial charge in [0.1, 0.15) is 4.70 Å². The Labute approximate surface area is 234 Å². The average molecular weight is 565 g/mol. The molecular weight excluding hydrogens is 537 g/mol. The molecule has 0 unspecified atom stereocenters. The number of aromatic nitrogens is 1. The molecule has 0 saturated heterocycles. The Balaban J connectivity index is 1.24. The van der Waals surface area contributed by atoms with Crippen molar-refractivity contribution in [2.24, 2.45) is 0 Å². The van der Waals surface area contributed by atoms with Gasteiger partial charge in [-0.15, -0.1) is 11.8 Å². The first-order chi connectivity index (χ1) is 18.0. The number of carbonyl (C=O) groups excluding carboxylic acids is 1. The summed E-state index contributed by atoms with van der Waals surface area (Å²) in [5.41, 5.74) is 5.33. The maximum absolute atomic E-state index is 10.7. The minimum absolute atomic E-state index is 0.0282. The second kappa shape index (κ2) is 12.0. The van der Waals surface area contributed by atoms with Crippen LogP contribution in [0.15, 0.2) is 81.6 Å². The number of nitrogens with zero attached hydrogens (tertiary/aromatic N) is 2. The zero-order valence-electron chi connectivity index (χ0n) is 20.8. The standard InChI is InChI=1S/C29H28N2O2S4/c1-20-10-11-24-22(18-20)30(16-17-35-19-28(32)33)26(36-24)8-6-4-3-5-7-9-27-31-15-14-21-23(34-2)12-13-25(37-27)29(21)31/h3-13,18H,14-17,19H2,1-2H3. The number of aliphatic carboxylic acids is 1. The summed E-state index contributed by atoms with van der Waals surface area (Å²) < 4.78 is 3.82. The SMILES string of the molecule is CSc1ccc2sc(/C=C/C=C/C=C/C=C3\Sc4ccc(C)cc4N3CCSCC(=O)[O-])[n+]3c2c1CC3. The third kappa shape index (κ3) is 5.87. The fraction of sp³-hybridized carbons (Fsp3) is 0.241. The number of rotatable bonds is 10. The summed E-state index contributed by atoms with van der Waals surface area (Å²) in [6, 6.07) is 11.0. The van der Waals surface area contributed by atoms with Crippen LogP contribution < -0.4 is 14.6 Å². The van der Waals surface area contributed by atoms with Crippen LogP contribution in [-0.4, -0.2) is 30.3 Å². The Morgan fingerprint density at radius 1 is 1.16 bits per heavy atom. The van der Waals surface area contributed by atoms with Gasteiger partial charge >= 0.3 is 0 Å². The van der Waals surface area contributed by atoms with Crippen LogP contribution in [0.3, 0.4) is 0 Å². The van der Waals surface area contributed by atoms with E-state index in [-0.39, 0.29) is 5.75 Å². The molecule has 1 aromatic heterocycles. The molecule has 3 aromatic rings. The molecule has 190 valence electrons. The summed E-state index contributed by atoms with van der Waals surface area (Å²) in [4.78, 5) is 15.7. The lowest BCUT2D eigenvalue weighted by Gasteiger charge is -2.20. The largest absolute Gasteiger partial charge is 0.549 e. The number of aryl methyl sites for hydroxylation is 3. The quantitative estimate of drug-likeness (QED) is 0.134. The van der Waals surface area contributed by atoms with Crippen LogP contribution in [0.2, 0.25) is 0 Å². The molecule has 0 spiro atoms. The molecule has 37 heavy (non-hydrogen) atoms. The van der Waals surface area contributed by atoms with Crippen LogP contribution in [0.25, 0.3) is 16.3 Å². The first kappa shape index (κ1) is 26.2. The van der Waals surface area contributed by atoms with Crippen LogP contribution in [0, 0.1) is 6.92 Å². The maximum atomic E-state index is 10.7. The molecule has 2 aliphatic heterocycles. The second-order valence-corrected chi connectivity index (χ2v) is 12.8. The second-order valence-electron chi connectivity index (χ2n) is 8.72. The van der Waals surface area contributed by atoms with Crippen molar-refractivity contribution in [1.82, 2.24) is 0 Å². The van der Waals surface area contributed by atoms with E-state index in [0.717, 1.165) is 30.3 Å². The fourth-order valence-electron chi connectivity index (χ4n) is 4.60. The first-order valence-electron chi connectivity index (χ1n) is 12.1. The molecule has 3 heterocycles. The number of carboxylic acid groups (broad SMARTS) is 1. The summed E-state index contributed by atoms with van der Waals surface area (Å²) in [7, 11) is 0. The van der Waals surface area contributed by atoms with Gasteiger partial charge in [-0.1, -0.05) is 59.5 Å². The number of allylic oxidation sites excluding steroid dienone is 6. The predicted octanol–water partition coefficient (Wildman–Crippen LogP) is 5.84. The van der Waals surface area contributed by atoms with Crippen LogP contribution in [0.4, 0.5) is 5.69 Å². The molecule has 2 aromatic carbocycles. The van der Waals surface area contributed by atoms with E-state index >= 15 is 0 Å². The zero-order chi connectivity index (χ0) is 25.8. The van der Waals surface area contributed by atoms with E-state index in [2.05, 4.69) is 95.5 Å². The van der Waals surface area contributed by atoms with Crippen LogP contribution >= 0.6 is 46.6 Å². The van der Waals surface area contributed by atoms with Crippen molar-refractivity contribution >= 4 is 74.6 Å². The van der Waals surface area contributed by atoms with Gasteiger partial charge < -0.3 is 14.8 Å². The molecule has 0 amide bonds. The molecule has 4 nitrogen and oxygen atoms in total. The van der Waals surface area contributed by atoms with Crippen LogP contribution in [-0.2, 0) is 17.8 Å². The van der Waals surface area contributed by atoms with E-state index < -0.39 is 5.97 Å². The van der Waals surface area contributed by atoms with Crippen molar-refractivity contribution in [3.63, 3.8) is 0 Å².